The van der Waals surface area contributed by atoms with Crippen LogP contribution >= 0.6 is 0 Å². The number of hydrogen-bond acceptors (Lipinski definition) is 3. The van der Waals surface area contributed by atoms with Gasteiger partial charge in [0.1, 0.15) is 0 Å². The molecule has 0 radical (unpaired) electrons. The van der Waals surface area contributed by atoms with Crippen molar-refractivity contribution in [2.45, 2.75) is 6.92 Å². The lowest BCUT2D eigenvalue weighted by Crippen LogP contribution is -1.99. The number of hydrogen-bond donors (Lipinski definition) is 1. The molecule has 4 heteroatoms. The molecule has 2 rings (SSSR count). The first-order chi connectivity index (χ1) is 9.63. The Morgan fingerprint density at radius 2 is 1.85 bits per heavy atom. The Bertz CT molecular complexity index is 686. The number of carbonyl (C=O) groups excluding carboxylic acids is 1. The molecule has 0 bridgehead atoms. The summed E-state index contributed by atoms with van der Waals surface area (Å²) in [5, 5.41) is 10.6. The summed E-state index contributed by atoms with van der Waals surface area (Å²) in [7, 11) is 0. The highest BCUT2D eigenvalue weighted by Crippen LogP contribution is 2.23. The number of carbonyl (C=O) groups is 2. The molecule has 0 saturated carbocycles. The third-order valence-corrected chi connectivity index (χ3v) is 2.87. The molecule has 0 saturated heterocycles. The van der Waals surface area contributed by atoms with E-state index in [1.54, 1.807) is 37.3 Å². The number of aromatic carboxylic acids is 1. The molecule has 2 aromatic rings. The molecule has 0 atom stereocenters. The van der Waals surface area contributed by atoms with Gasteiger partial charge in [0, 0.05) is 6.08 Å². The van der Waals surface area contributed by atoms with Gasteiger partial charge in [-0.05, 0) is 35.4 Å². The second-order valence-electron chi connectivity index (χ2n) is 4.14. The molecule has 0 heterocycles. The Balaban J connectivity index is 2.48. The first-order valence-corrected chi connectivity index (χ1v) is 6.23. The lowest BCUT2D eigenvalue weighted by Gasteiger charge is -2.05. The summed E-state index contributed by atoms with van der Waals surface area (Å²) >= 11 is 0. The zero-order valence-corrected chi connectivity index (χ0v) is 11.0. The molecule has 102 valence electrons. The molecule has 4 nitrogen and oxygen atoms in total. The van der Waals surface area contributed by atoms with Crippen molar-refractivity contribution in [2.75, 3.05) is 6.61 Å². The van der Waals surface area contributed by atoms with Crippen LogP contribution in [0.25, 0.3) is 16.8 Å². The topological polar surface area (TPSA) is 63.6 Å². The first kappa shape index (κ1) is 13.8. The fourth-order valence-corrected chi connectivity index (χ4v) is 2.01. The lowest BCUT2D eigenvalue weighted by atomic mass is 10.00. The number of esters is 1. The van der Waals surface area contributed by atoms with E-state index in [2.05, 4.69) is 0 Å². The normalized spacial score (nSPS) is 10.8. The van der Waals surface area contributed by atoms with E-state index in [0.29, 0.717) is 12.0 Å². The van der Waals surface area contributed by atoms with Crippen molar-refractivity contribution in [3.63, 3.8) is 0 Å². The number of fused-ring (bicyclic) bond motifs is 1. The molecule has 2 aromatic carbocycles. The number of carboxylic acid groups (broad SMARTS) is 1. The van der Waals surface area contributed by atoms with E-state index in [-0.39, 0.29) is 5.56 Å². The summed E-state index contributed by atoms with van der Waals surface area (Å²) in [6, 6.07) is 10.4. The van der Waals surface area contributed by atoms with Gasteiger partial charge in [0.05, 0.1) is 12.2 Å². The smallest absolute Gasteiger partial charge is 0.336 e. The van der Waals surface area contributed by atoms with Crippen LogP contribution in [-0.2, 0) is 9.53 Å². The van der Waals surface area contributed by atoms with Crippen molar-refractivity contribution >= 4 is 28.8 Å². The molecule has 0 spiro atoms. The van der Waals surface area contributed by atoms with Crippen molar-refractivity contribution < 1.29 is 19.4 Å². The molecule has 0 fully saturated rings. The molecule has 0 aromatic heterocycles. The molecule has 0 aliphatic heterocycles. The SMILES string of the molecule is CCOC(=O)C=Cc1cccc2c(C(=O)O)cccc12. The maximum absolute atomic E-state index is 11.3. The summed E-state index contributed by atoms with van der Waals surface area (Å²) in [4.78, 5) is 22.5. The summed E-state index contributed by atoms with van der Waals surface area (Å²) in [6.07, 6.45) is 2.97. The molecule has 0 aliphatic carbocycles. The lowest BCUT2D eigenvalue weighted by molar-refractivity contribution is -0.137. The monoisotopic (exact) mass is 270 g/mol. The second kappa shape index (κ2) is 6.02. The highest BCUT2D eigenvalue weighted by molar-refractivity contribution is 6.06. The molecule has 0 aliphatic rings. The van der Waals surface area contributed by atoms with E-state index in [1.807, 2.05) is 12.1 Å². The quantitative estimate of drug-likeness (QED) is 0.685. The minimum absolute atomic E-state index is 0.244. The van der Waals surface area contributed by atoms with Gasteiger partial charge in [-0.1, -0.05) is 30.3 Å². The molecule has 20 heavy (non-hydrogen) atoms. The van der Waals surface area contributed by atoms with Gasteiger partial charge < -0.3 is 9.84 Å². The van der Waals surface area contributed by atoms with E-state index in [4.69, 9.17) is 9.84 Å². The Hall–Kier alpha value is -2.62. The Morgan fingerprint density at radius 3 is 2.55 bits per heavy atom. The zero-order chi connectivity index (χ0) is 14.5. The van der Waals surface area contributed by atoms with Crippen LogP contribution in [0.4, 0.5) is 0 Å². The van der Waals surface area contributed by atoms with Gasteiger partial charge >= 0.3 is 11.9 Å². The van der Waals surface area contributed by atoms with Crippen molar-refractivity contribution in [3.8, 4) is 0 Å². The predicted molar refractivity (Wildman–Crippen MR) is 76.6 cm³/mol. The first-order valence-electron chi connectivity index (χ1n) is 6.23. The Morgan fingerprint density at radius 1 is 1.15 bits per heavy atom. The number of carboxylic acids is 1. The molecule has 0 unspecified atom stereocenters. The van der Waals surface area contributed by atoms with E-state index in [0.717, 1.165) is 10.9 Å². The Labute approximate surface area is 116 Å². The molecule has 1 N–H and O–H groups in total. The molecular weight excluding hydrogens is 256 g/mol. The van der Waals surface area contributed by atoms with Crippen molar-refractivity contribution in [3.05, 3.63) is 53.6 Å². The zero-order valence-electron chi connectivity index (χ0n) is 11.0. The largest absolute Gasteiger partial charge is 0.478 e. The van der Waals surface area contributed by atoms with Gasteiger partial charge in [0.25, 0.3) is 0 Å². The van der Waals surface area contributed by atoms with Crippen LogP contribution in [0.1, 0.15) is 22.8 Å². The average molecular weight is 270 g/mol. The number of benzene rings is 2. The van der Waals surface area contributed by atoms with Gasteiger partial charge in [-0.25, -0.2) is 9.59 Å². The van der Waals surface area contributed by atoms with Crippen LogP contribution in [0, 0.1) is 0 Å². The van der Waals surface area contributed by atoms with Gasteiger partial charge in [-0.15, -0.1) is 0 Å². The summed E-state index contributed by atoms with van der Waals surface area (Å²) in [5.41, 5.74) is 1.02. The van der Waals surface area contributed by atoms with Crippen molar-refractivity contribution in [1.29, 1.82) is 0 Å². The van der Waals surface area contributed by atoms with Gasteiger partial charge in [-0.2, -0.15) is 0 Å². The maximum Gasteiger partial charge on any atom is 0.336 e. The van der Waals surface area contributed by atoms with Crippen LogP contribution in [-0.4, -0.2) is 23.7 Å². The van der Waals surface area contributed by atoms with Crippen molar-refractivity contribution in [1.82, 2.24) is 0 Å². The third-order valence-electron chi connectivity index (χ3n) is 2.87. The van der Waals surface area contributed by atoms with Crippen LogP contribution in [0.2, 0.25) is 0 Å². The second-order valence-corrected chi connectivity index (χ2v) is 4.14. The fourth-order valence-electron chi connectivity index (χ4n) is 2.01. The third kappa shape index (κ3) is 2.85. The summed E-state index contributed by atoms with van der Waals surface area (Å²) in [5.74, 6) is -1.39. The van der Waals surface area contributed by atoms with E-state index < -0.39 is 11.9 Å². The predicted octanol–water partition coefficient (Wildman–Crippen LogP) is 3.11. The highest BCUT2D eigenvalue weighted by Gasteiger charge is 2.09. The van der Waals surface area contributed by atoms with E-state index in [1.165, 1.54) is 6.08 Å². The number of ether oxygens (including phenoxy) is 1. The average Bonchev–Trinajstić information content (AvgIpc) is 2.44. The standard InChI is InChI=1S/C16H14O4/c1-2-20-15(17)10-9-11-5-3-7-13-12(11)6-4-8-14(13)16(18)19/h3-10H,2H2,1H3,(H,18,19). The highest BCUT2D eigenvalue weighted by atomic mass is 16.5. The molecule has 0 amide bonds. The van der Waals surface area contributed by atoms with Crippen LogP contribution < -0.4 is 0 Å². The summed E-state index contributed by atoms with van der Waals surface area (Å²) < 4.78 is 4.82. The minimum atomic E-state index is -0.970. The number of rotatable bonds is 4. The van der Waals surface area contributed by atoms with Crippen LogP contribution in [0.5, 0.6) is 0 Å². The van der Waals surface area contributed by atoms with Gasteiger partial charge in [0.15, 0.2) is 0 Å². The maximum atomic E-state index is 11.3. The van der Waals surface area contributed by atoms with Gasteiger partial charge in [-0.3, -0.25) is 0 Å². The van der Waals surface area contributed by atoms with E-state index in [9.17, 15) is 9.59 Å². The van der Waals surface area contributed by atoms with Crippen molar-refractivity contribution in [2.24, 2.45) is 0 Å². The Kier molecular flexibility index (Phi) is 4.15. The van der Waals surface area contributed by atoms with E-state index >= 15 is 0 Å². The van der Waals surface area contributed by atoms with Crippen LogP contribution in [0.15, 0.2) is 42.5 Å². The van der Waals surface area contributed by atoms with Gasteiger partial charge in [0.2, 0.25) is 0 Å². The van der Waals surface area contributed by atoms with Crippen LogP contribution in [0.3, 0.4) is 0 Å². The summed E-state index contributed by atoms with van der Waals surface area (Å²) in [6.45, 7) is 2.06. The molecular formula is C16H14O4. The minimum Gasteiger partial charge on any atom is -0.478 e. The fraction of sp³-hybridized carbons (Fsp3) is 0.125.